The Hall–Kier alpha value is -2.27. The number of carbonyl (C=O) groups is 1. The van der Waals surface area contributed by atoms with Crippen molar-refractivity contribution < 1.29 is 14.6 Å². The molecule has 23 heavy (non-hydrogen) atoms. The van der Waals surface area contributed by atoms with Gasteiger partial charge in [-0.25, -0.2) is 4.79 Å². The molecule has 1 fully saturated rings. The minimum absolute atomic E-state index is 0.428. The Kier molecular flexibility index (Phi) is 3.58. The second-order valence-corrected chi connectivity index (χ2v) is 6.95. The SMILES string of the molecule is O=C(O)Oc1cc2[nH]c(-c3ccccc3)c(C3CCCC3)c2s1. The first-order valence-electron chi connectivity index (χ1n) is 7.84. The molecule has 0 spiro atoms. The van der Waals surface area contributed by atoms with Gasteiger partial charge in [0.2, 0.25) is 0 Å². The number of H-pyrrole nitrogens is 1. The lowest BCUT2D eigenvalue weighted by atomic mass is 9.95. The topological polar surface area (TPSA) is 62.3 Å². The van der Waals surface area contributed by atoms with Gasteiger partial charge in [0, 0.05) is 6.07 Å². The van der Waals surface area contributed by atoms with Crippen LogP contribution in [0, 0.1) is 0 Å². The van der Waals surface area contributed by atoms with Gasteiger partial charge < -0.3 is 14.8 Å². The molecule has 1 aliphatic carbocycles. The van der Waals surface area contributed by atoms with Crippen molar-refractivity contribution in [3.63, 3.8) is 0 Å². The van der Waals surface area contributed by atoms with Crippen molar-refractivity contribution in [3.8, 4) is 16.3 Å². The maximum Gasteiger partial charge on any atom is 0.512 e. The monoisotopic (exact) mass is 327 g/mol. The number of hydrogen-bond donors (Lipinski definition) is 2. The highest BCUT2D eigenvalue weighted by Gasteiger charge is 2.26. The van der Waals surface area contributed by atoms with E-state index in [1.165, 1.54) is 53.8 Å². The summed E-state index contributed by atoms with van der Waals surface area (Å²) in [5, 5.41) is 9.25. The first-order chi connectivity index (χ1) is 11.2. The van der Waals surface area contributed by atoms with Gasteiger partial charge in [-0.2, -0.15) is 0 Å². The molecule has 1 saturated carbocycles. The lowest BCUT2D eigenvalue weighted by molar-refractivity contribution is 0.146. The van der Waals surface area contributed by atoms with E-state index in [2.05, 4.69) is 17.1 Å². The van der Waals surface area contributed by atoms with Gasteiger partial charge in [0.1, 0.15) is 0 Å². The summed E-state index contributed by atoms with van der Waals surface area (Å²) in [6, 6.07) is 12.1. The Morgan fingerprint density at radius 1 is 1.22 bits per heavy atom. The van der Waals surface area contributed by atoms with E-state index in [1.54, 1.807) is 6.07 Å². The van der Waals surface area contributed by atoms with E-state index in [9.17, 15) is 4.79 Å². The van der Waals surface area contributed by atoms with Crippen LogP contribution in [0.1, 0.15) is 37.2 Å². The van der Waals surface area contributed by atoms with Gasteiger partial charge in [0.25, 0.3) is 0 Å². The molecule has 5 heteroatoms. The maximum atomic E-state index is 10.8. The van der Waals surface area contributed by atoms with E-state index >= 15 is 0 Å². The summed E-state index contributed by atoms with van der Waals surface area (Å²) >= 11 is 1.42. The molecule has 4 nitrogen and oxygen atoms in total. The standard InChI is InChI=1S/C18H17NO3S/c20-18(21)22-14-10-13-17(23-14)15(11-6-4-5-7-11)16(19-13)12-8-2-1-3-9-12/h1-3,8-11,19H,4-7H2,(H,20,21). The zero-order valence-corrected chi connectivity index (χ0v) is 13.4. The number of benzene rings is 1. The van der Waals surface area contributed by atoms with Crippen molar-refractivity contribution >= 4 is 27.7 Å². The van der Waals surface area contributed by atoms with Crippen LogP contribution in [0.3, 0.4) is 0 Å². The summed E-state index contributed by atoms with van der Waals surface area (Å²) in [5.74, 6) is 0.537. The zero-order chi connectivity index (χ0) is 15.8. The number of fused-ring (bicyclic) bond motifs is 1. The number of aromatic amines is 1. The van der Waals surface area contributed by atoms with Gasteiger partial charge in [-0.1, -0.05) is 54.5 Å². The Labute approximate surface area is 137 Å². The molecule has 1 aromatic carbocycles. The smallest absolute Gasteiger partial charge is 0.449 e. The van der Waals surface area contributed by atoms with Crippen LogP contribution < -0.4 is 4.74 Å². The van der Waals surface area contributed by atoms with Crippen LogP contribution >= 0.6 is 11.3 Å². The van der Waals surface area contributed by atoms with Crippen molar-refractivity contribution in [1.29, 1.82) is 0 Å². The molecule has 0 unspecified atom stereocenters. The van der Waals surface area contributed by atoms with Crippen molar-refractivity contribution in [2.75, 3.05) is 0 Å². The van der Waals surface area contributed by atoms with Gasteiger partial charge in [0.05, 0.1) is 15.9 Å². The van der Waals surface area contributed by atoms with Gasteiger partial charge in [-0.15, -0.1) is 0 Å². The molecule has 2 aromatic heterocycles. The fourth-order valence-electron chi connectivity index (χ4n) is 3.55. The lowest BCUT2D eigenvalue weighted by Gasteiger charge is -2.11. The Morgan fingerprint density at radius 3 is 2.65 bits per heavy atom. The lowest BCUT2D eigenvalue weighted by Crippen LogP contribution is -2.01. The molecule has 0 saturated heterocycles. The molecule has 2 N–H and O–H groups in total. The first kappa shape index (κ1) is 14.3. The highest BCUT2D eigenvalue weighted by Crippen LogP contribution is 2.47. The minimum Gasteiger partial charge on any atom is -0.449 e. The van der Waals surface area contributed by atoms with Crippen LogP contribution in [0.15, 0.2) is 36.4 Å². The second-order valence-electron chi connectivity index (χ2n) is 5.94. The Morgan fingerprint density at radius 2 is 1.96 bits per heavy atom. The summed E-state index contributed by atoms with van der Waals surface area (Å²) in [6.45, 7) is 0. The highest BCUT2D eigenvalue weighted by molar-refractivity contribution is 7.21. The van der Waals surface area contributed by atoms with Gasteiger partial charge >= 0.3 is 6.16 Å². The normalized spacial score (nSPS) is 15.3. The average Bonchev–Trinajstić information content (AvgIpc) is 3.22. The number of aromatic nitrogens is 1. The number of thiophene rings is 1. The second kappa shape index (κ2) is 5.74. The van der Waals surface area contributed by atoms with Crippen molar-refractivity contribution in [3.05, 3.63) is 42.0 Å². The molecule has 0 aliphatic heterocycles. The third-order valence-corrected chi connectivity index (χ3v) is 5.54. The van der Waals surface area contributed by atoms with Crippen LogP contribution in [-0.4, -0.2) is 16.2 Å². The number of rotatable bonds is 3. The van der Waals surface area contributed by atoms with E-state index in [0.29, 0.717) is 11.0 Å². The third-order valence-electron chi connectivity index (χ3n) is 4.50. The number of carboxylic acid groups (broad SMARTS) is 1. The van der Waals surface area contributed by atoms with Gasteiger partial charge in [-0.3, -0.25) is 0 Å². The van der Waals surface area contributed by atoms with E-state index in [0.717, 1.165) is 10.2 Å². The Bertz CT molecular complexity index is 844. The number of nitrogens with one attached hydrogen (secondary N) is 1. The van der Waals surface area contributed by atoms with Crippen LogP contribution in [0.4, 0.5) is 4.79 Å². The fourth-order valence-corrected chi connectivity index (χ4v) is 4.64. The van der Waals surface area contributed by atoms with Crippen LogP contribution in [0.25, 0.3) is 21.5 Å². The molecule has 118 valence electrons. The third kappa shape index (κ3) is 2.61. The molecule has 2 heterocycles. The quantitative estimate of drug-likeness (QED) is 0.614. The van der Waals surface area contributed by atoms with E-state index in [1.807, 2.05) is 18.2 Å². The van der Waals surface area contributed by atoms with Crippen LogP contribution in [-0.2, 0) is 0 Å². The van der Waals surface area contributed by atoms with Gasteiger partial charge in [0.15, 0.2) is 5.06 Å². The number of ether oxygens (including phenoxy) is 1. The van der Waals surface area contributed by atoms with E-state index in [4.69, 9.17) is 9.84 Å². The molecule has 3 aromatic rings. The molecular weight excluding hydrogens is 310 g/mol. The molecular formula is C18H17NO3S. The molecule has 0 amide bonds. The largest absolute Gasteiger partial charge is 0.512 e. The zero-order valence-electron chi connectivity index (χ0n) is 12.5. The highest BCUT2D eigenvalue weighted by atomic mass is 32.1. The Balaban J connectivity index is 1.87. The van der Waals surface area contributed by atoms with Crippen molar-refractivity contribution in [2.24, 2.45) is 0 Å². The molecule has 0 bridgehead atoms. The summed E-state index contributed by atoms with van der Waals surface area (Å²) in [6.07, 6.45) is 3.64. The molecule has 0 radical (unpaired) electrons. The first-order valence-corrected chi connectivity index (χ1v) is 8.65. The summed E-state index contributed by atoms with van der Waals surface area (Å²) < 4.78 is 5.97. The number of hydrogen-bond acceptors (Lipinski definition) is 3. The predicted octanol–water partition coefficient (Wildman–Crippen LogP) is 5.61. The molecule has 0 atom stereocenters. The maximum absolute atomic E-state index is 10.8. The van der Waals surface area contributed by atoms with Crippen LogP contribution in [0.5, 0.6) is 5.06 Å². The van der Waals surface area contributed by atoms with Crippen molar-refractivity contribution in [2.45, 2.75) is 31.6 Å². The van der Waals surface area contributed by atoms with Crippen molar-refractivity contribution in [1.82, 2.24) is 4.98 Å². The predicted molar refractivity (Wildman–Crippen MR) is 91.5 cm³/mol. The van der Waals surface area contributed by atoms with E-state index < -0.39 is 6.16 Å². The van der Waals surface area contributed by atoms with Gasteiger partial charge in [-0.05, 0) is 29.9 Å². The average molecular weight is 327 g/mol. The van der Waals surface area contributed by atoms with Crippen LogP contribution in [0.2, 0.25) is 0 Å². The van der Waals surface area contributed by atoms with E-state index in [-0.39, 0.29) is 0 Å². The molecule has 1 aliphatic rings. The fraction of sp³-hybridized carbons (Fsp3) is 0.278. The summed E-state index contributed by atoms with van der Waals surface area (Å²) in [7, 11) is 0. The summed E-state index contributed by atoms with van der Waals surface area (Å²) in [4.78, 5) is 14.3. The summed E-state index contributed by atoms with van der Waals surface area (Å²) in [5.41, 5.74) is 4.64. The molecule has 4 rings (SSSR count). The minimum atomic E-state index is -1.26.